The van der Waals surface area contributed by atoms with Gasteiger partial charge in [0, 0.05) is 37.0 Å². The number of benzene rings is 3. The lowest BCUT2D eigenvalue weighted by molar-refractivity contribution is -0.113. The predicted octanol–water partition coefficient (Wildman–Crippen LogP) is 6.11. The van der Waals surface area contributed by atoms with E-state index in [1.807, 2.05) is 84.9 Å². The van der Waals surface area contributed by atoms with Crippen molar-refractivity contribution in [3.05, 3.63) is 97.3 Å². The van der Waals surface area contributed by atoms with E-state index < -0.39 is 0 Å². The summed E-state index contributed by atoms with van der Waals surface area (Å²) in [5.74, 6) is 1.73. The van der Waals surface area contributed by atoms with Gasteiger partial charge in [0.2, 0.25) is 5.91 Å². The maximum atomic E-state index is 12.8. The lowest BCUT2D eigenvalue weighted by Crippen LogP contribution is -2.29. The number of aromatic nitrogens is 4. The van der Waals surface area contributed by atoms with Crippen molar-refractivity contribution < 1.29 is 9.53 Å². The molecule has 0 aliphatic rings. The summed E-state index contributed by atoms with van der Waals surface area (Å²) < 4.78 is 7.68. The number of nitrogens with zero attached hydrogens (tertiary/aromatic N) is 6. The van der Waals surface area contributed by atoms with Gasteiger partial charge in [0.25, 0.3) is 0 Å². The zero-order chi connectivity index (χ0) is 29.6. The second-order valence-corrected chi connectivity index (χ2v) is 10.2. The number of fused-ring (bicyclic) bond motifs is 1. The van der Waals surface area contributed by atoms with E-state index in [-0.39, 0.29) is 5.91 Å². The van der Waals surface area contributed by atoms with Crippen LogP contribution in [-0.4, -0.2) is 57.2 Å². The molecular weight excluding hydrogens is 526 g/mol. The van der Waals surface area contributed by atoms with Crippen LogP contribution in [0.1, 0.15) is 20.3 Å². The number of rotatable bonds is 10. The number of amides is 1. The molecule has 3 aromatic carbocycles. The number of para-hydroxylation sites is 1. The van der Waals surface area contributed by atoms with Crippen molar-refractivity contribution in [3.8, 4) is 28.4 Å². The first-order valence-electron chi connectivity index (χ1n) is 13.9. The Morgan fingerprint density at radius 3 is 2.36 bits per heavy atom. The van der Waals surface area contributed by atoms with Gasteiger partial charge >= 0.3 is 0 Å². The zero-order valence-corrected chi connectivity index (χ0v) is 24.3. The van der Waals surface area contributed by atoms with Crippen LogP contribution in [0.3, 0.4) is 0 Å². The van der Waals surface area contributed by atoms with Gasteiger partial charge in [-0.2, -0.15) is 5.10 Å². The largest absolute Gasteiger partial charge is 0.457 e. The number of nitrogens with two attached hydrogens (primary N) is 1. The predicted molar refractivity (Wildman–Crippen MR) is 168 cm³/mol. The van der Waals surface area contributed by atoms with Crippen LogP contribution in [0.15, 0.2) is 97.3 Å². The molecular formula is C33H35N7O2. The normalized spacial score (nSPS) is 12.2. The maximum Gasteiger partial charge on any atom is 0.250 e. The Bertz CT molecular complexity index is 1680. The number of hydrogen-bond donors (Lipinski definition) is 1. The lowest BCUT2D eigenvalue weighted by Gasteiger charge is -2.21. The van der Waals surface area contributed by atoms with Gasteiger partial charge in [-0.3, -0.25) is 4.79 Å². The average Bonchev–Trinajstić information content (AvgIpc) is 3.42. The first kappa shape index (κ1) is 28.5. The molecule has 0 spiro atoms. The van der Waals surface area contributed by atoms with Crippen LogP contribution < -0.4 is 15.4 Å². The Morgan fingerprint density at radius 2 is 1.67 bits per heavy atom. The summed E-state index contributed by atoms with van der Waals surface area (Å²) in [6.45, 7) is 5.05. The number of hydrogen-bond acceptors (Lipinski definition) is 7. The third-order valence-electron chi connectivity index (χ3n) is 7.41. The molecule has 0 saturated heterocycles. The van der Waals surface area contributed by atoms with Crippen molar-refractivity contribution in [1.29, 1.82) is 0 Å². The van der Waals surface area contributed by atoms with Gasteiger partial charge in [-0.1, -0.05) is 31.2 Å². The smallest absolute Gasteiger partial charge is 0.250 e. The van der Waals surface area contributed by atoms with E-state index in [2.05, 4.69) is 35.8 Å². The number of anilines is 2. The van der Waals surface area contributed by atoms with Crippen LogP contribution in [0.5, 0.6) is 11.5 Å². The number of ether oxygens (including phenoxy) is 1. The monoisotopic (exact) mass is 561 g/mol. The summed E-state index contributed by atoms with van der Waals surface area (Å²) in [5, 5.41) is 5.55. The van der Waals surface area contributed by atoms with Crippen LogP contribution in [0.2, 0.25) is 0 Å². The molecule has 5 rings (SSSR count). The third kappa shape index (κ3) is 6.16. The molecule has 0 fully saturated rings. The van der Waals surface area contributed by atoms with Crippen LogP contribution >= 0.6 is 0 Å². The molecule has 214 valence electrons. The topological polar surface area (TPSA) is 102 Å². The fourth-order valence-electron chi connectivity index (χ4n) is 4.53. The van der Waals surface area contributed by atoms with E-state index in [1.54, 1.807) is 22.7 Å². The molecule has 2 N–H and O–H groups in total. The maximum absolute atomic E-state index is 12.8. The number of likely N-dealkylation sites (N-methyl/N-ethyl adjacent to an activating group) is 2. The molecule has 42 heavy (non-hydrogen) atoms. The molecule has 9 heteroatoms. The number of nitrogen functional groups attached to an aromatic ring is 1. The molecule has 0 radical (unpaired) electrons. The molecule has 2 heterocycles. The summed E-state index contributed by atoms with van der Waals surface area (Å²) >= 11 is 0. The number of carbonyl (C=O) groups excluding carboxylic acids is 1. The fourth-order valence-corrected chi connectivity index (χ4v) is 4.53. The quantitative estimate of drug-likeness (QED) is 0.205. The van der Waals surface area contributed by atoms with Gasteiger partial charge in [-0.05, 0) is 81.1 Å². The molecule has 0 aliphatic heterocycles. The Morgan fingerprint density at radius 1 is 0.976 bits per heavy atom. The van der Waals surface area contributed by atoms with Crippen molar-refractivity contribution in [2.45, 2.75) is 26.3 Å². The highest BCUT2D eigenvalue weighted by Gasteiger charge is 2.19. The van der Waals surface area contributed by atoms with E-state index in [9.17, 15) is 4.79 Å². The number of carbonyl (C=O) groups is 1. The Kier molecular flexibility index (Phi) is 8.59. The lowest BCUT2D eigenvalue weighted by atomic mass is 10.1. The van der Waals surface area contributed by atoms with Crippen molar-refractivity contribution in [2.75, 3.05) is 31.3 Å². The van der Waals surface area contributed by atoms with E-state index >= 15 is 0 Å². The first-order chi connectivity index (χ1) is 20.4. The van der Waals surface area contributed by atoms with Gasteiger partial charge in [0.05, 0.1) is 11.1 Å². The summed E-state index contributed by atoms with van der Waals surface area (Å²) in [6, 6.07) is 25.3. The fraction of sp³-hybridized carbons (Fsp3) is 0.212. The van der Waals surface area contributed by atoms with E-state index in [4.69, 9.17) is 15.6 Å². The highest BCUT2D eigenvalue weighted by Crippen LogP contribution is 2.33. The minimum atomic E-state index is -0.0904. The third-order valence-corrected chi connectivity index (χ3v) is 7.41. The molecule has 0 saturated carbocycles. The van der Waals surface area contributed by atoms with Gasteiger partial charge in [0.1, 0.15) is 29.3 Å². The molecule has 5 aromatic rings. The second-order valence-electron chi connectivity index (χ2n) is 10.2. The molecule has 1 unspecified atom stereocenters. The van der Waals surface area contributed by atoms with Crippen LogP contribution in [-0.2, 0) is 4.79 Å². The Balaban J connectivity index is 1.38. The average molecular weight is 562 g/mol. The van der Waals surface area contributed by atoms with Crippen molar-refractivity contribution in [3.63, 3.8) is 0 Å². The zero-order valence-electron chi connectivity index (χ0n) is 24.3. The molecule has 2 aromatic heterocycles. The second kappa shape index (κ2) is 12.7. The molecule has 1 atom stereocenters. The SMILES string of the molecule is CCC(C)N(C)CC=CC(=O)N(C)c1ccc(-n2nc(-c3ccc(Oc4ccccc4)cc3)c3c(N)ncnc32)cc1. The van der Waals surface area contributed by atoms with Gasteiger partial charge < -0.3 is 20.3 Å². The van der Waals surface area contributed by atoms with Crippen LogP contribution in [0.4, 0.5) is 11.5 Å². The van der Waals surface area contributed by atoms with Crippen LogP contribution in [0, 0.1) is 0 Å². The molecule has 9 nitrogen and oxygen atoms in total. The molecule has 0 aliphatic carbocycles. The van der Waals surface area contributed by atoms with E-state index in [0.717, 1.165) is 35.7 Å². The van der Waals surface area contributed by atoms with Gasteiger partial charge in [-0.25, -0.2) is 14.6 Å². The standard InChI is InChI=1S/C33H35N7O2/c1-5-23(2)38(3)21-9-12-29(41)39(4)25-15-17-26(18-16-25)40-33-30(32(34)35-22-36-33)31(37-40)24-13-19-28(20-14-24)42-27-10-7-6-8-11-27/h6-20,22-23H,5,21H2,1-4H3,(H2,34,35,36). The summed E-state index contributed by atoms with van der Waals surface area (Å²) in [7, 11) is 3.82. The minimum absolute atomic E-state index is 0.0904. The Hall–Kier alpha value is -5.02. The summed E-state index contributed by atoms with van der Waals surface area (Å²) in [4.78, 5) is 25.3. The Labute approximate surface area is 245 Å². The summed E-state index contributed by atoms with van der Waals surface area (Å²) in [6.07, 6.45) is 6.02. The molecule has 0 bridgehead atoms. The van der Waals surface area contributed by atoms with Crippen molar-refractivity contribution in [1.82, 2.24) is 24.6 Å². The summed E-state index contributed by atoms with van der Waals surface area (Å²) in [5.41, 5.74) is 9.97. The minimum Gasteiger partial charge on any atom is -0.457 e. The van der Waals surface area contributed by atoms with Crippen molar-refractivity contribution in [2.24, 2.45) is 0 Å². The van der Waals surface area contributed by atoms with Crippen LogP contribution in [0.25, 0.3) is 28.0 Å². The van der Waals surface area contributed by atoms with Gasteiger partial charge in [-0.15, -0.1) is 0 Å². The van der Waals surface area contributed by atoms with Crippen molar-refractivity contribution >= 4 is 28.4 Å². The van der Waals surface area contributed by atoms with Gasteiger partial charge in [0.15, 0.2) is 5.65 Å². The highest BCUT2D eigenvalue weighted by molar-refractivity contribution is 6.01. The first-order valence-corrected chi connectivity index (χ1v) is 13.9. The van der Waals surface area contributed by atoms with E-state index in [0.29, 0.717) is 34.3 Å². The molecule has 1 amide bonds. The highest BCUT2D eigenvalue weighted by atomic mass is 16.5. The van der Waals surface area contributed by atoms with E-state index in [1.165, 1.54) is 6.33 Å².